The fraction of sp³-hybridized carbons (Fsp3) is 0.235. The molecule has 3 aromatic rings. The van der Waals surface area contributed by atoms with E-state index in [-0.39, 0.29) is 24.5 Å². The molecule has 0 radical (unpaired) electrons. The first-order chi connectivity index (χ1) is 11.6. The number of nitrogens with zero attached hydrogens (tertiary/aromatic N) is 2. The van der Waals surface area contributed by atoms with Crippen LogP contribution in [-0.4, -0.2) is 27.6 Å². The minimum atomic E-state index is -0.130. The zero-order chi connectivity index (χ0) is 16.9. The molecule has 0 atom stereocenters. The van der Waals surface area contributed by atoms with E-state index in [1.54, 1.807) is 12.1 Å². The van der Waals surface area contributed by atoms with Gasteiger partial charge in [-0.15, -0.1) is 11.3 Å². The fourth-order valence-electron chi connectivity index (χ4n) is 2.34. The Balaban J connectivity index is 1.41. The van der Waals surface area contributed by atoms with Gasteiger partial charge in [0.2, 0.25) is 5.91 Å². The largest absolute Gasteiger partial charge is 0.356 e. The standard InChI is InChI=1S/C17H16ClN3O2S/c18-15-6-5-14(24-15)13(22)4-7-17(23)19-9-8-12-11-21-10-2-1-3-16(21)20-12/h1-3,5-6,10-11H,4,7-9H2,(H,19,23). The number of rotatable bonds is 7. The molecule has 0 saturated heterocycles. The highest BCUT2D eigenvalue weighted by atomic mass is 35.5. The Labute approximate surface area is 148 Å². The maximum atomic E-state index is 11.9. The molecule has 3 rings (SSSR count). The molecule has 0 spiro atoms. The van der Waals surface area contributed by atoms with Gasteiger partial charge in [-0.3, -0.25) is 9.59 Å². The summed E-state index contributed by atoms with van der Waals surface area (Å²) < 4.78 is 2.53. The molecule has 1 amide bonds. The van der Waals surface area contributed by atoms with E-state index < -0.39 is 0 Å². The number of pyridine rings is 1. The van der Waals surface area contributed by atoms with Gasteiger partial charge in [0.05, 0.1) is 14.9 Å². The average molecular weight is 362 g/mol. The summed E-state index contributed by atoms with van der Waals surface area (Å²) in [5, 5.41) is 2.82. The average Bonchev–Trinajstić information content (AvgIpc) is 3.18. The van der Waals surface area contributed by atoms with Crippen LogP contribution in [0.4, 0.5) is 0 Å². The number of halogens is 1. The summed E-state index contributed by atoms with van der Waals surface area (Å²) in [7, 11) is 0. The van der Waals surface area contributed by atoms with Crippen molar-refractivity contribution in [2.45, 2.75) is 19.3 Å². The van der Waals surface area contributed by atoms with Crippen LogP contribution in [0, 0.1) is 0 Å². The molecule has 0 saturated carbocycles. The van der Waals surface area contributed by atoms with Gasteiger partial charge < -0.3 is 9.72 Å². The Morgan fingerprint density at radius 1 is 1.21 bits per heavy atom. The number of nitrogens with one attached hydrogen (secondary N) is 1. The first-order valence-corrected chi connectivity index (χ1v) is 8.79. The quantitative estimate of drug-likeness (QED) is 0.656. The van der Waals surface area contributed by atoms with Crippen LogP contribution >= 0.6 is 22.9 Å². The van der Waals surface area contributed by atoms with Crippen molar-refractivity contribution >= 4 is 40.3 Å². The minimum Gasteiger partial charge on any atom is -0.356 e. The topological polar surface area (TPSA) is 63.5 Å². The third kappa shape index (κ3) is 4.21. The highest BCUT2D eigenvalue weighted by molar-refractivity contribution is 7.18. The third-order valence-electron chi connectivity index (χ3n) is 3.54. The molecule has 0 aliphatic heterocycles. The Morgan fingerprint density at radius 3 is 2.83 bits per heavy atom. The lowest BCUT2D eigenvalue weighted by Gasteiger charge is -2.03. The number of thiophene rings is 1. The van der Waals surface area contributed by atoms with E-state index in [2.05, 4.69) is 10.3 Å². The molecule has 0 aromatic carbocycles. The molecule has 3 aromatic heterocycles. The molecule has 3 heterocycles. The second-order valence-electron chi connectivity index (χ2n) is 5.33. The Bertz CT molecular complexity index is 838. The van der Waals surface area contributed by atoms with Gasteiger partial charge in [0.25, 0.3) is 0 Å². The molecule has 0 aliphatic rings. The maximum absolute atomic E-state index is 11.9. The maximum Gasteiger partial charge on any atom is 0.220 e. The summed E-state index contributed by atoms with van der Waals surface area (Å²) in [4.78, 5) is 28.8. The number of ketones is 1. The van der Waals surface area contributed by atoms with Crippen LogP contribution in [0.15, 0.2) is 42.7 Å². The highest BCUT2D eigenvalue weighted by Gasteiger charge is 2.11. The number of hydrogen-bond donors (Lipinski definition) is 1. The van der Waals surface area contributed by atoms with E-state index in [9.17, 15) is 9.59 Å². The smallest absolute Gasteiger partial charge is 0.220 e. The van der Waals surface area contributed by atoms with Crippen molar-refractivity contribution in [3.63, 3.8) is 0 Å². The summed E-state index contributed by atoms with van der Waals surface area (Å²) in [5.74, 6) is -0.183. The number of fused-ring (bicyclic) bond motifs is 1. The van der Waals surface area contributed by atoms with Crippen LogP contribution in [-0.2, 0) is 11.2 Å². The van der Waals surface area contributed by atoms with Gasteiger partial charge in [0, 0.05) is 38.2 Å². The summed E-state index contributed by atoms with van der Waals surface area (Å²) in [5.41, 5.74) is 1.81. The van der Waals surface area contributed by atoms with Gasteiger partial charge in [-0.25, -0.2) is 4.98 Å². The van der Waals surface area contributed by atoms with E-state index in [4.69, 9.17) is 11.6 Å². The van der Waals surface area contributed by atoms with Crippen LogP contribution in [0.25, 0.3) is 5.65 Å². The number of hydrogen-bond acceptors (Lipinski definition) is 4. The van der Waals surface area contributed by atoms with Crippen LogP contribution in [0.5, 0.6) is 0 Å². The molecule has 24 heavy (non-hydrogen) atoms. The van der Waals surface area contributed by atoms with Crippen LogP contribution in [0.2, 0.25) is 4.34 Å². The Hall–Kier alpha value is -2.18. The van der Waals surface area contributed by atoms with Crippen LogP contribution in [0.3, 0.4) is 0 Å². The lowest BCUT2D eigenvalue weighted by molar-refractivity contribution is -0.121. The molecule has 7 heteroatoms. The molecule has 0 bridgehead atoms. The van der Waals surface area contributed by atoms with Gasteiger partial charge in [-0.05, 0) is 24.3 Å². The molecular formula is C17H16ClN3O2S. The van der Waals surface area contributed by atoms with Crippen molar-refractivity contribution in [1.82, 2.24) is 14.7 Å². The van der Waals surface area contributed by atoms with Crippen molar-refractivity contribution in [2.75, 3.05) is 6.54 Å². The Morgan fingerprint density at radius 2 is 2.08 bits per heavy atom. The zero-order valence-corrected chi connectivity index (χ0v) is 14.4. The van der Waals surface area contributed by atoms with E-state index in [0.717, 1.165) is 11.3 Å². The van der Waals surface area contributed by atoms with Gasteiger partial charge in [0.1, 0.15) is 5.65 Å². The van der Waals surface area contributed by atoms with Gasteiger partial charge in [-0.1, -0.05) is 17.7 Å². The molecule has 0 unspecified atom stereocenters. The van der Waals surface area contributed by atoms with Gasteiger partial charge in [-0.2, -0.15) is 0 Å². The summed E-state index contributed by atoms with van der Waals surface area (Å²) in [6, 6.07) is 9.19. The monoisotopic (exact) mass is 361 g/mol. The van der Waals surface area contributed by atoms with E-state index in [0.29, 0.717) is 22.2 Å². The summed E-state index contributed by atoms with van der Waals surface area (Å²) >= 11 is 7.04. The molecular weight excluding hydrogens is 346 g/mol. The molecule has 0 fully saturated rings. The lowest BCUT2D eigenvalue weighted by atomic mass is 10.2. The fourth-order valence-corrected chi connectivity index (χ4v) is 3.35. The third-order valence-corrected chi connectivity index (χ3v) is 4.82. The predicted molar refractivity (Wildman–Crippen MR) is 94.8 cm³/mol. The van der Waals surface area contributed by atoms with Crippen molar-refractivity contribution in [1.29, 1.82) is 0 Å². The lowest BCUT2D eigenvalue weighted by Crippen LogP contribution is -2.26. The number of aromatic nitrogens is 2. The van der Waals surface area contributed by atoms with E-state index in [1.165, 1.54) is 11.3 Å². The first-order valence-electron chi connectivity index (χ1n) is 7.59. The van der Waals surface area contributed by atoms with Gasteiger partial charge in [0.15, 0.2) is 5.78 Å². The van der Waals surface area contributed by atoms with Gasteiger partial charge >= 0.3 is 0 Å². The van der Waals surface area contributed by atoms with Crippen molar-refractivity contribution in [3.05, 3.63) is 57.6 Å². The second-order valence-corrected chi connectivity index (χ2v) is 7.04. The van der Waals surface area contributed by atoms with Crippen molar-refractivity contribution in [2.24, 2.45) is 0 Å². The van der Waals surface area contributed by atoms with Crippen LogP contribution in [0.1, 0.15) is 28.2 Å². The molecule has 124 valence electrons. The second kappa shape index (κ2) is 7.59. The van der Waals surface area contributed by atoms with Crippen LogP contribution < -0.4 is 5.32 Å². The number of Topliss-reactive ketones (excluding diaryl/α,β-unsaturated/α-hetero) is 1. The number of carbonyl (C=O) groups excluding carboxylic acids is 2. The SMILES string of the molecule is O=C(CCC(=O)c1ccc(Cl)s1)NCCc1cn2ccccc2n1. The van der Waals surface area contributed by atoms with Crippen molar-refractivity contribution < 1.29 is 9.59 Å². The number of carbonyl (C=O) groups is 2. The van der Waals surface area contributed by atoms with Crippen molar-refractivity contribution in [3.8, 4) is 0 Å². The van der Waals surface area contributed by atoms with E-state index >= 15 is 0 Å². The number of imidazole rings is 1. The summed E-state index contributed by atoms with van der Waals surface area (Å²) in [6.07, 6.45) is 4.91. The Kier molecular flexibility index (Phi) is 5.27. The van der Waals surface area contributed by atoms with E-state index in [1.807, 2.05) is 35.0 Å². The predicted octanol–water partition coefficient (Wildman–Crippen LogP) is 3.37. The molecule has 0 aliphatic carbocycles. The molecule has 1 N–H and O–H groups in total. The summed E-state index contributed by atoms with van der Waals surface area (Å²) in [6.45, 7) is 0.502. The zero-order valence-electron chi connectivity index (χ0n) is 12.9. The number of amides is 1. The minimum absolute atomic E-state index is 0.0533. The first kappa shape index (κ1) is 16.7. The normalized spacial score (nSPS) is 10.9. The molecule has 5 nitrogen and oxygen atoms in total. The highest BCUT2D eigenvalue weighted by Crippen LogP contribution is 2.22.